The first-order chi connectivity index (χ1) is 10.2. The number of aromatic nitrogens is 1. The second-order valence-corrected chi connectivity index (χ2v) is 5.25. The SMILES string of the molecule is NC(=S)c1ccc2ccn(CCOc3ccccc3)c2c1. The van der Waals surface area contributed by atoms with Gasteiger partial charge in [-0.05, 0) is 29.7 Å². The number of benzene rings is 2. The third kappa shape index (κ3) is 3.06. The van der Waals surface area contributed by atoms with Crippen LogP contribution in [0.15, 0.2) is 60.8 Å². The quantitative estimate of drug-likeness (QED) is 0.734. The van der Waals surface area contributed by atoms with Crippen LogP contribution in [0.1, 0.15) is 5.56 Å². The summed E-state index contributed by atoms with van der Waals surface area (Å²) in [6.45, 7) is 1.39. The molecule has 2 aromatic carbocycles. The molecule has 0 aliphatic heterocycles. The molecule has 0 bridgehead atoms. The van der Waals surface area contributed by atoms with Crippen molar-refractivity contribution in [3.05, 3.63) is 66.4 Å². The normalized spacial score (nSPS) is 10.7. The molecule has 0 spiro atoms. The number of hydrogen-bond donors (Lipinski definition) is 1. The van der Waals surface area contributed by atoms with Crippen molar-refractivity contribution in [2.24, 2.45) is 5.73 Å². The van der Waals surface area contributed by atoms with Gasteiger partial charge in [0.2, 0.25) is 0 Å². The molecular formula is C17H16N2OS. The van der Waals surface area contributed by atoms with Gasteiger partial charge in [-0.15, -0.1) is 0 Å². The fourth-order valence-electron chi connectivity index (χ4n) is 2.31. The highest BCUT2D eigenvalue weighted by atomic mass is 32.1. The summed E-state index contributed by atoms with van der Waals surface area (Å²) in [7, 11) is 0. The van der Waals surface area contributed by atoms with E-state index in [9.17, 15) is 0 Å². The number of nitrogens with two attached hydrogens (primary N) is 1. The van der Waals surface area contributed by atoms with E-state index in [-0.39, 0.29) is 0 Å². The van der Waals surface area contributed by atoms with Crippen molar-refractivity contribution in [1.82, 2.24) is 4.57 Å². The van der Waals surface area contributed by atoms with E-state index in [0.29, 0.717) is 11.6 Å². The van der Waals surface area contributed by atoms with Crippen molar-refractivity contribution in [1.29, 1.82) is 0 Å². The Morgan fingerprint density at radius 1 is 1.10 bits per heavy atom. The molecule has 1 heterocycles. The molecule has 21 heavy (non-hydrogen) atoms. The van der Waals surface area contributed by atoms with E-state index in [0.717, 1.165) is 23.4 Å². The smallest absolute Gasteiger partial charge is 0.119 e. The lowest BCUT2D eigenvalue weighted by Crippen LogP contribution is -2.10. The minimum absolute atomic E-state index is 0.421. The van der Waals surface area contributed by atoms with E-state index >= 15 is 0 Å². The summed E-state index contributed by atoms with van der Waals surface area (Å²) in [6, 6.07) is 17.9. The summed E-state index contributed by atoms with van der Waals surface area (Å²) in [5.74, 6) is 0.887. The first kappa shape index (κ1) is 13.6. The van der Waals surface area contributed by atoms with Crippen LogP contribution < -0.4 is 10.5 Å². The molecule has 0 amide bonds. The van der Waals surface area contributed by atoms with Crippen LogP contribution in [0.2, 0.25) is 0 Å². The molecule has 3 aromatic rings. The van der Waals surface area contributed by atoms with Gasteiger partial charge in [0.1, 0.15) is 17.3 Å². The van der Waals surface area contributed by atoms with Crippen molar-refractivity contribution in [2.75, 3.05) is 6.61 Å². The van der Waals surface area contributed by atoms with Gasteiger partial charge in [-0.2, -0.15) is 0 Å². The third-order valence-electron chi connectivity index (χ3n) is 3.40. The van der Waals surface area contributed by atoms with Crippen LogP contribution in [0.5, 0.6) is 5.75 Å². The fraction of sp³-hybridized carbons (Fsp3) is 0.118. The lowest BCUT2D eigenvalue weighted by atomic mass is 10.1. The molecule has 0 radical (unpaired) electrons. The highest BCUT2D eigenvalue weighted by Crippen LogP contribution is 2.18. The molecular weight excluding hydrogens is 280 g/mol. The van der Waals surface area contributed by atoms with E-state index in [1.807, 2.05) is 48.5 Å². The fourth-order valence-corrected chi connectivity index (χ4v) is 2.44. The molecule has 0 saturated heterocycles. The summed E-state index contributed by atoms with van der Waals surface area (Å²) in [5.41, 5.74) is 7.71. The number of ether oxygens (including phenoxy) is 1. The molecule has 106 valence electrons. The van der Waals surface area contributed by atoms with Crippen LogP contribution in [-0.4, -0.2) is 16.2 Å². The number of thiocarbonyl (C=S) groups is 1. The molecule has 0 atom stereocenters. The molecule has 0 aliphatic carbocycles. The number of fused-ring (bicyclic) bond motifs is 1. The predicted molar refractivity (Wildman–Crippen MR) is 89.8 cm³/mol. The Hall–Kier alpha value is -2.33. The van der Waals surface area contributed by atoms with Crippen molar-refractivity contribution in [3.8, 4) is 5.75 Å². The minimum atomic E-state index is 0.421. The van der Waals surface area contributed by atoms with Crippen LogP contribution in [0.25, 0.3) is 10.9 Å². The summed E-state index contributed by atoms with van der Waals surface area (Å²) >= 11 is 5.04. The number of rotatable bonds is 5. The van der Waals surface area contributed by atoms with E-state index in [4.69, 9.17) is 22.7 Å². The Labute approximate surface area is 128 Å². The van der Waals surface area contributed by atoms with Crippen LogP contribution >= 0.6 is 12.2 Å². The molecule has 0 saturated carbocycles. The van der Waals surface area contributed by atoms with Gasteiger partial charge < -0.3 is 15.0 Å². The molecule has 0 aliphatic rings. The van der Waals surface area contributed by atoms with E-state index in [2.05, 4.69) is 16.8 Å². The largest absolute Gasteiger partial charge is 0.492 e. The Balaban J connectivity index is 1.74. The maximum Gasteiger partial charge on any atom is 0.119 e. The van der Waals surface area contributed by atoms with Gasteiger partial charge in [-0.1, -0.05) is 42.5 Å². The molecule has 3 rings (SSSR count). The third-order valence-corrected chi connectivity index (χ3v) is 3.64. The molecule has 1 aromatic heterocycles. The zero-order valence-electron chi connectivity index (χ0n) is 11.5. The second-order valence-electron chi connectivity index (χ2n) is 4.81. The average Bonchev–Trinajstić information content (AvgIpc) is 2.91. The monoisotopic (exact) mass is 296 g/mol. The average molecular weight is 296 g/mol. The molecule has 2 N–H and O–H groups in total. The first-order valence-electron chi connectivity index (χ1n) is 6.80. The van der Waals surface area contributed by atoms with Gasteiger partial charge >= 0.3 is 0 Å². The maximum absolute atomic E-state index is 5.73. The van der Waals surface area contributed by atoms with Gasteiger partial charge in [0, 0.05) is 17.3 Å². The van der Waals surface area contributed by atoms with Crippen molar-refractivity contribution >= 4 is 28.1 Å². The van der Waals surface area contributed by atoms with E-state index in [1.165, 1.54) is 5.39 Å². The van der Waals surface area contributed by atoms with Gasteiger partial charge in [0.05, 0.1) is 6.54 Å². The van der Waals surface area contributed by atoms with Gasteiger partial charge in [0.25, 0.3) is 0 Å². The van der Waals surface area contributed by atoms with Crippen molar-refractivity contribution in [2.45, 2.75) is 6.54 Å². The zero-order valence-corrected chi connectivity index (χ0v) is 12.3. The topological polar surface area (TPSA) is 40.2 Å². The summed E-state index contributed by atoms with van der Waals surface area (Å²) in [4.78, 5) is 0.421. The predicted octanol–water partition coefficient (Wildman–Crippen LogP) is 3.35. The van der Waals surface area contributed by atoms with Gasteiger partial charge in [-0.3, -0.25) is 0 Å². The Morgan fingerprint density at radius 2 is 1.90 bits per heavy atom. The lowest BCUT2D eigenvalue weighted by molar-refractivity contribution is 0.300. The van der Waals surface area contributed by atoms with E-state index < -0.39 is 0 Å². The molecule has 3 nitrogen and oxygen atoms in total. The second kappa shape index (κ2) is 5.97. The number of para-hydroxylation sites is 1. The standard InChI is InChI=1S/C17H16N2OS/c18-17(21)14-7-6-13-8-9-19(16(13)12-14)10-11-20-15-4-2-1-3-5-15/h1-9,12H,10-11H2,(H2,18,21). The Morgan fingerprint density at radius 3 is 2.67 bits per heavy atom. The van der Waals surface area contributed by atoms with Gasteiger partial charge in [0.15, 0.2) is 0 Å². The Bertz CT molecular complexity index is 765. The molecule has 0 unspecified atom stereocenters. The van der Waals surface area contributed by atoms with Crippen LogP contribution in [-0.2, 0) is 6.54 Å². The van der Waals surface area contributed by atoms with Crippen LogP contribution in [0.4, 0.5) is 0 Å². The van der Waals surface area contributed by atoms with Crippen LogP contribution in [0.3, 0.4) is 0 Å². The van der Waals surface area contributed by atoms with Gasteiger partial charge in [-0.25, -0.2) is 0 Å². The molecule has 4 heteroatoms. The summed E-state index contributed by atoms with van der Waals surface area (Å²) < 4.78 is 7.89. The van der Waals surface area contributed by atoms with Crippen molar-refractivity contribution in [3.63, 3.8) is 0 Å². The highest BCUT2D eigenvalue weighted by molar-refractivity contribution is 7.80. The Kier molecular flexibility index (Phi) is 3.88. The lowest BCUT2D eigenvalue weighted by Gasteiger charge is -2.09. The van der Waals surface area contributed by atoms with Crippen molar-refractivity contribution < 1.29 is 4.74 Å². The first-order valence-corrected chi connectivity index (χ1v) is 7.21. The zero-order chi connectivity index (χ0) is 14.7. The molecule has 0 fully saturated rings. The maximum atomic E-state index is 5.73. The minimum Gasteiger partial charge on any atom is -0.492 e. The summed E-state index contributed by atoms with van der Waals surface area (Å²) in [6.07, 6.45) is 2.06. The number of nitrogens with zero attached hydrogens (tertiary/aromatic N) is 1. The number of hydrogen-bond acceptors (Lipinski definition) is 2. The van der Waals surface area contributed by atoms with Crippen LogP contribution in [0, 0.1) is 0 Å². The highest BCUT2D eigenvalue weighted by Gasteiger charge is 2.04. The summed E-state index contributed by atoms with van der Waals surface area (Å²) in [5, 5.41) is 1.18. The van der Waals surface area contributed by atoms with E-state index in [1.54, 1.807) is 0 Å².